The van der Waals surface area contributed by atoms with Crippen LogP contribution in [0.1, 0.15) is 19.3 Å². The Morgan fingerprint density at radius 3 is 2.71 bits per heavy atom. The number of hydrogen-bond donors (Lipinski definition) is 2. The van der Waals surface area contributed by atoms with Gasteiger partial charge in [-0.05, 0) is 12.8 Å². The molecule has 1 aliphatic carbocycles. The summed E-state index contributed by atoms with van der Waals surface area (Å²) in [5.41, 5.74) is 5.24. The molecule has 1 heterocycles. The van der Waals surface area contributed by atoms with E-state index < -0.39 is 9.84 Å². The molecule has 0 spiro atoms. The van der Waals surface area contributed by atoms with Gasteiger partial charge in [0.2, 0.25) is 15.0 Å². The van der Waals surface area contributed by atoms with Gasteiger partial charge in [0.15, 0.2) is 0 Å². The van der Waals surface area contributed by atoms with Crippen LogP contribution in [-0.4, -0.2) is 26.2 Å². The van der Waals surface area contributed by atoms with Gasteiger partial charge < -0.3 is 11.1 Å². The van der Waals surface area contributed by atoms with Crippen molar-refractivity contribution >= 4 is 15.0 Å². The molecule has 0 aromatic heterocycles. The van der Waals surface area contributed by atoms with E-state index in [0.717, 1.165) is 12.8 Å². The Hall–Kier alpha value is -0.880. The van der Waals surface area contributed by atoms with Gasteiger partial charge in [0.05, 0.1) is 4.91 Å². The number of hydrogen-bond acceptors (Lipinski definition) is 5. The first-order valence-corrected chi connectivity index (χ1v) is 6.10. The van der Waals surface area contributed by atoms with E-state index in [1.807, 2.05) is 0 Å². The van der Waals surface area contributed by atoms with Crippen molar-refractivity contribution < 1.29 is 8.42 Å². The minimum atomic E-state index is -3.42. The molecule has 1 saturated carbocycles. The van der Waals surface area contributed by atoms with Gasteiger partial charge in [0, 0.05) is 18.8 Å². The third-order valence-electron chi connectivity index (χ3n) is 2.63. The predicted molar refractivity (Wildman–Crippen MR) is 54.3 cm³/mol. The van der Waals surface area contributed by atoms with Crippen molar-refractivity contribution in [2.45, 2.75) is 25.3 Å². The first-order chi connectivity index (χ1) is 6.60. The minimum absolute atomic E-state index is 0.280. The molecular weight excluding hydrogens is 202 g/mol. The van der Waals surface area contributed by atoms with Gasteiger partial charge in [-0.2, -0.15) is 0 Å². The molecule has 1 fully saturated rings. The standard InChI is InChI=1S/C8H13N3O2S/c9-8-11-5-7(14(8,12)13)4-10-6-2-1-3-6/h5-6,10H,1-4H2,(H2,9,11). The van der Waals surface area contributed by atoms with E-state index in [0.29, 0.717) is 12.6 Å². The minimum Gasteiger partial charge on any atom is -0.374 e. The number of aliphatic imine (C=N–C) groups is 1. The molecule has 5 nitrogen and oxygen atoms in total. The van der Waals surface area contributed by atoms with Crippen LogP contribution < -0.4 is 11.1 Å². The van der Waals surface area contributed by atoms with E-state index in [1.54, 1.807) is 0 Å². The summed E-state index contributed by atoms with van der Waals surface area (Å²) in [4.78, 5) is 3.88. The van der Waals surface area contributed by atoms with Crippen molar-refractivity contribution in [1.29, 1.82) is 0 Å². The van der Waals surface area contributed by atoms with Gasteiger partial charge in [-0.25, -0.2) is 13.4 Å². The zero-order valence-corrected chi connectivity index (χ0v) is 8.55. The molecule has 0 amide bonds. The SMILES string of the molecule is NC1=NC=C(CNC2CCC2)S1(=O)=O. The summed E-state index contributed by atoms with van der Waals surface area (Å²) in [6, 6.07) is 0.466. The van der Waals surface area contributed by atoms with Crippen LogP contribution in [0, 0.1) is 0 Å². The second-order valence-corrected chi connectivity index (χ2v) is 5.52. The summed E-state index contributed by atoms with van der Waals surface area (Å²) in [5, 5.41) is 2.87. The lowest BCUT2D eigenvalue weighted by Gasteiger charge is -2.26. The number of nitrogens with two attached hydrogens (primary N) is 1. The van der Waals surface area contributed by atoms with E-state index in [1.165, 1.54) is 12.6 Å². The van der Waals surface area contributed by atoms with Gasteiger partial charge in [-0.3, -0.25) is 0 Å². The van der Waals surface area contributed by atoms with Crippen LogP contribution in [0.3, 0.4) is 0 Å². The lowest BCUT2D eigenvalue weighted by molar-refractivity contribution is 0.350. The third-order valence-corrected chi connectivity index (χ3v) is 4.22. The fourth-order valence-electron chi connectivity index (χ4n) is 1.41. The maximum absolute atomic E-state index is 11.4. The maximum Gasteiger partial charge on any atom is 0.238 e. The van der Waals surface area contributed by atoms with Crippen LogP contribution in [0.5, 0.6) is 0 Å². The maximum atomic E-state index is 11.4. The molecule has 1 aliphatic heterocycles. The van der Waals surface area contributed by atoms with Crippen molar-refractivity contribution in [3.63, 3.8) is 0 Å². The Morgan fingerprint density at radius 1 is 1.57 bits per heavy atom. The molecule has 0 aromatic rings. The average Bonchev–Trinajstić information content (AvgIpc) is 2.28. The number of rotatable bonds is 3. The molecule has 2 rings (SSSR count). The highest BCUT2D eigenvalue weighted by molar-refractivity contribution is 8.09. The van der Waals surface area contributed by atoms with E-state index in [2.05, 4.69) is 10.3 Å². The first-order valence-electron chi connectivity index (χ1n) is 4.61. The van der Waals surface area contributed by atoms with Crippen molar-refractivity contribution in [2.75, 3.05) is 6.54 Å². The van der Waals surface area contributed by atoms with Crippen LogP contribution >= 0.6 is 0 Å². The van der Waals surface area contributed by atoms with Crippen molar-refractivity contribution in [2.24, 2.45) is 10.7 Å². The summed E-state index contributed by atoms with van der Waals surface area (Å²) < 4.78 is 22.9. The van der Waals surface area contributed by atoms with Crippen LogP contribution in [0.4, 0.5) is 0 Å². The Balaban J connectivity index is 1.94. The molecule has 2 aliphatic rings. The molecule has 0 radical (unpaired) electrons. The van der Waals surface area contributed by atoms with Gasteiger partial charge in [-0.15, -0.1) is 0 Å². The largest absolute Gasteiger partial charge is 0.374 e. The molecule has 0 saturated heterocycles. The van der Waals surface area contributed by atoms with Gasteiger partial charge in [-0.1, -0.05) is 6.42 Å². The second kappa shape index (κ2) is 3.36. The summed E-state index contributed by atoms with van der Waals surface area (Å²) in [6.45, 7) is 0.344. The van der Waals surface area contributed by atoms with Gasteiger partial charge in [0.25, 0.3) is 0 Å². The number of nitrogens with zero attached hydrogens (tertiary/aromatic N) is 1. The molecule has 3 N–H and O–H groups in total. The Kier molecular flexibility index (Phi) is 2.32. The van der Waals surface area contributed by atoms with E-state index in [4.69, 9.17) is 5.73 Å². The van der Waals surface area contributed by atoms with Crippen LogP contribution in [0.2, 0.25) is 0 Å². The highest BCUT2D eigenvalue weighted by Gasteiger charge is 2.28. The second-order valence-electron chi connectivity index (χ2n) is 3.57. The molecule has 6 heteroatoms. The average molecular weight is 215 g/mol. The topological polar surface area (TPSA) is 84.5 Å². The van der Waals surface area contributed by atoms with Crippen LogP contribution in [0.15, 0.2) is 16.1 Å². The molecule has 0 bridgehead atoms. The third kappa shape index (κ3) is 1.55. The molecule has 78 valence electrons. The fraction of sp³-hybridized carbons (Fsp3) is 0.625. The predicted octanol–water partition coefficient (Wildman–Crippen LogP) is -0.287. The van der Waals surface area contributed by atoms with E-state index >= 15 is 0 Å². The van der Waals surface area contributed by atoms with E-state index in [-0.39, 0.29) is 10.1 Å². The molecular formula is C8H13N3O2S. The zero-order chi connectivity index (χ0) is 10.2. The number of amidine groups is 1. The molecule has 0 aromatic carbocycles. The zero-order valence-electron chi connectivity index (χ0n) is 7.73. The lowest BCUT2D eigenvalue weighted by atomic mass is 9.93. The van der Waals surface area contributed by atoms with Gasteiger partial charge >= 0.3 is 0 Å². The monoisotopic (exact) mass is 215 g/mol. The molecule has 0 unspecified atom stereocenters. The molecule has 0 atom stereocenters. The van der Waals surface area contributed by atoms with Gasteiger partial charge in [0.1, 0.15) is 0 Å². The first kappa shape index (κ1) is 9.67. The van der Waals surface area contributed by atoms with E-state index in [9.17, 15) is 8.42 Å². The number of nitrogens with one attached hydrogen (secondary N) is 1. The highest BCUT2D eigenvalue weighted by atomic mass is 32.2. The van der Waals surface area contributed by atoms with Crippen LogP contribution in [0.25, 0.3) is 0 Å². The Morgan fingerprint density at radius 2 is 2.29 bits per heavy atom. The summed E-state index contributed by atoms with van der Waals surface area (Å²) in [5.74, 6) is 0. The van der Waals surface area contributed by atoms with Crippen molar-refractivity contribution in [1.82, 2.24) is 5.32 Å². The fourth-order valence-corrected chi connectivity index (χ4v) is 2.33. The number of sulfone groups is 1. The smallest absolute Gasteiger partial charge is 0.238 e. The lowest BCUT2D eigenvalue weighted by Crippen LogP contribution is -2.37. The Bertz CT molecular complexity index is 393. The highest BCUT2D eigenvalue weighted by Crippen LogP contribution is 2.20. The quantitative estimate of drug-likeness (QED) is 0.677. The van der Waals surface area contributed by atoms with Crippen molar-refractivity contribution in [3.05, 3.63) is 11.1 Å². The normalized spacial score (nSPS) is 25.4. The summed E-state index contributed by atoms with van der Waals surface area (Å²) in [7, 11) is -3.42. The molecule has 14 heavy (non-hydrogen) atoms. The van der Waals surface area contributed by atoms with Crippen molar-refractivity contribution in [3.8, 4) is 0 Å². The Labute approximate surface area is 83.0 Å². The van der Waals surface area contributed by atoms with Crippen LogP contribution in [-0.2, 0) is 9.84 Å². The summed E-state index contributed by atoms with van der Waals surface area (Å²) in [6.07, 6.45) is 4.81. The summed E-state index contributed by atoms with van der Waals surface area (Å²) >= 11 is 0.